The lowest BCUT2D eigenvalue weighted by Crippen LogP contribution is -2.38. The predicted octanol–water partition coefficient (Wildman–Crippen LogP) is 3.55. The number of hydrogen-bond donors (Lipinski definition) is 0. The Kier molecular flexibility index (Phi) is 4.53. The summed E-state index contributed by atoms with van der Waals surface area (Å²) < 4.78 is 6.48. The Labute approximate surface area is 160 Å². The van der Waals surface area contributed by atoms with Crippen LogP contribution in [0.2, 0.25) is 0 Å². The van der Waals surface area contributed by atoms with E-state index in [0.29, 0.717) is 17.9 Å². The molecule has 1 heterocycles. The lowest BCUT2D eigenvalue weighted by atomic mass is 9.63. The Hall–Kier alpha value is -2.21. The number of fused-ring (bicyclic) bond motifs is 1. The van der Waals surface area contributed by atoms with E-state index in [0.717, 1.165) is 22.3 Å². The first-order valence-corrected chi connectivity index (χ1v) is 9.53. The molecule has 1 saturated heterocycles. The first-order chi connectivity index (χ1) is 12.6. The van der Waals surface area contributed by atoms with Crippen molar-refractivity contribution in [2.75, 3.05) is 6.61 Å². The summed E-state index contributed by atoms with van der Waals surface area (Å²) >= 11 is 3.42. The Bertz CT molecular complexity index is 800. The van der Waals surface area contributed by atoms with E-state index in [4.69, 9.17) is 4.74 Å². The van der Waals surface area contributed by atoms with Crippen molar-refractivity contribution in [2.45, 2.75) is 12.8 Å². The molecule has 5 rings (SSSR count). The van der Waals surface area contributed by atoms with E-state index < -0.39 is 0 Å². The number of amides is 2. The van der Waals surface area contributed by atoms with Gasteiger partial charge >= 0.3 is 0 Å². The topological polar surface area (TPSA) is 59.0 Å². The highest BCUT2D eigenvalue weighted by molar-refractivity contribution is 9.10. The number of hydrogen-bond acceptors (Lipinski definition) is 4. The standard InChI is InChI=1S/C20H19BrN2O3/c1-2-9-26-16-8-7-15(21)10-14(16)11-22-23-19(24)17-12-3-4-13(6-5-12)18(17)20(23)25/h2-4,7-8,10-13,17-18H,1,5-6,9H2/b22-11-/t12-,13-,17-,18-/m1/s1. The number of halogens is 1. The zero-order valence-electron chi connectivity index (χ0n) is 14.2. The fourth-order valence-electron chi connectivity index (χ4n) is 4.19. The molecule has 2 fully saturated rings. The van der Waals surface area contributed by atoms with Crippen molar-refractivity contribution in [2.24, 2.45) is 28.8 Å². The van der Waals surface area contributed by atoms with Crippen LogP contribution in [0.15, 0.2) is 52.6 Å². The molecule has 1 aromatic carbocycles. The van der Waals surface area contributed by atoms with Crippen LogP contribution in [0.5, 0.6) is 5.75 Å². The zero-order chi connectivity index (χ0) is 18.3. The molecule has 4 atom stereocenters. The summed E-state index contributed by atoms with van der Waals surface area (Å²) in [6.07, 6.45) is 9.33. The SMILES string of the molecule is C=CCOc1ccc(Br)cc1/C=N\N1C(=O)[C@H]2[C@H](C1=O)[C@@H]1C=C[C@@H]2CC1. The highest BCUT2D eigenvalue weighted by Gasteiger charge is 2.56. The monoisotopic (exact) mass is 414 g/mol. The summed E-state index contributed by atoms with van der Waals surface area (Å²) in [5.41, 5.74) is 0.692. The van der Waals surface area contributed by atoms with Gasteiger partial charge in [0.15, 0.2) is 0 Å². The number of rotatable bonds is 5. The van der Waals surface area contributed by atoms with Crippen molar-refractivity contribution in [3.8, 4) is 5.75 Å². The molecule has 5 nitrogen and oxygen atoms in total. The molecule has 0 unspecified atom stereocenters. The molecule has 26 heavy (non-hydrogen) atoms. The largest absolute Gasteiger partial charge is 0.489 e. The van der Waals surface area contributed by atoms with E-state index in [1.54, 1.807) is 6.08 Å². The van der Waals surface area contributed by atoms with Gasteiger partial charge in [-0.05, 0) is 42.9 Å². The molecule has 2 amide bonds. The number of benzene rings is 1. The lowest BCUT2D eigenvalue weighted by molar-refractivity contribution is -0.140. The molecule has 0 aromatic heterocycles. The Morgan fingerprint density at radius 1 is 1.19 bits per heavy atom. The van der Waals surface area contributed by atoms with Crippen LogP contribution in [0, 0.1) is 23.7 Å². The predicted molar refractivity (Wildman–Crippen MR) is 102 cm³/mol. The number of carbonyl (C=O) groups is 2. The van der Waals surface area contributed by atoms with Gasteiger partial charge in [0, 0.05) is 10.0 Å². The maximum absolute atomic E-state index is 12.8. The molecule has 3 aliphatic carbocycles. The molecular formula is C20H19BrN2O3. The number of nitrogens with zero attached hydrogens (tertiary/aromatic N) is 2. The van der Waals surface area contributed by atoms with E-state index in [2.05, 4.69) is 39.8 Å². The quantitative estimate of drug-likeness (QED) is 0.420. The molecule has 0 N–H and O–H groups in total. The van der Waals surface area contributed by atoms with Crippen LogP contribution in [-0.2, 0) is 9.59 Å². The number of ether oxygens (including phenoxy) is 1. The van der Waals surface area contributed by atoms with Crippen LogP contribution in [0.25, 0.3) is 0 Å². The average Bonchev–Trinajstić information content (AvgIpc) is 2.93. The number of carbonyl (C=O) groups excluding carboxylic acids is 2. The summed E-state index contributed by atoms with van der Waals surface area (Å²) in [5, 5.41) is 5.30. The molecule has 1 aromatic rings. The van der Waals surface area contributed by atoms with Crippen LogP contribution in [0.3, 0.4) is 0 Å². The van der Waals surface area contributed by atoms with Gasteiger partial charge in [-0.25, -0.2) is 0 Å². The van der Waals surface area contributed by atoms with Gasteiger partial charge in [-0.15, -0.1) is 0 Å². The second-order valence-electron chi connectivity index (χ2n) is 6.86. The molecule has 2 bridgehead atoms. The van der Waals surface area contributed by atoms with E-state index in [-0.39, 0.29) is 35.5 Å². The van der Waals surface area contributed by atoms with Gasteiger partial charge in [-0.2, -0.15) is 10.1 Å². The maximum Gasteiger partial charge on any atom is 0.254 e. The number of allylic oxidation sites excluding steroid dienone is 2. The van der Waals surface area contributed by atoms with Crippen molar-refractivity contribution in [1.82, 2.24) is 5.01 Å². The summed E-state index contributed by atoms with van der Waals surface area (Å²) in [5.74, 6) is 0.0932. The van der Waals surface area contributed by atoms with Crippen molar-refractivity contribution >= 4 is 34.0 Å². The first kappa shape index (κ1) is 17.2. The normalized spacial score (nSPS) is 29.5. The number of imide groups is 1. The summed E-state index contributed by atoms with van der Waals surface area (Å²) in [4.78, 5) is 25.6. The third-order valence-corrected chi connectivity index (χ3v) is 5.87. The minimum atomic E-state index is -0.248. The van der Waals surface area contributed by atoms with Crippen LogP contribution in [0.4, 0.5) is 0 Å². The Morgan fingerprint density at radius 3 is 2.42 bits per heavy atom. The maximum atomic E-state index is 12.8. The van der Waals surface area contributed by atoms with Gasteiger partial charge in [0.05, 0.1) is 18.1 Å². The van der Waals surface area contributed by atoms with Crippen molar-refractivity contribution in [3.05, 3.63) is 53.0 Å². The summed E-state index contributed by atoms with van der Waals surface area (Å²) in [6, 6.07) is 5.51. The first-order valence-electron chi connectivity index (χ1n) is 8.73. The zero-order valence-corrected chi connectivity index (χ0v) is 15.8. The van der Waals surface area contributed by atoms with Gasteiger partial charge < -0.3 is 4.74 Å². The number of hydrazone groups is 1. The highest BCUT2D eigenvalue weighted by atomic mass is 79.9. The van der Waals surface area contributed by atoms with E-state index >= 15 is 0 Å². The molecule has 134 valence electrons. The van der Waals surface area contributed by atoms with Gasteiger partial charge in [-0.1, -0.05) is 40.7 Å². The molecule has 0 radical (unpaired) electrons. The van der Waals surface area contributed by atoms with Crippen LogP contribution >= 0.6 is 15.9 Å². The van der Waals surface area contributed by atoms with Crippen LogP contribution < -0.4 is 4.74 Å². The van der Waals surface area contributed by atoms with Gasteiger partial charge in [0.25, 0.3) is 11.8 Å². The second kappa shape index (κ2) is 6.83. The summed E-state index contributed by atoms with van der Waals surface area (Å²) in [6.45, 7) is 4.01. The van der Waals surface area contributed by atoms with E-state index in [1.807, 2.05) is 18.2 Å². The van der Waals surface area contributed by atoms with Gasteiger partial charge in [-0.3, -0.25) is 9.59 Å². The summed E-state index contributed by atoms with van der Waals surface area (Å²) in [7, 11) is 0. The Balaban J connectivity index is 1.60. The van der Waals surface area contributed by atoms with Crippen molar-refractivity contribution < 1.29 is 14.3 Å². The second-order valence-corrected chi connectivity index (χ2v) is 7.77. The smallest absolute Gasteiger partial charge is 0.254 e. The fraction of sp³-hybridized carbons (Fsp3) is 0.350. The molecular weight excluding hydrogens is 396 g/mol. The van der Waals surface area contributed by atoms with E-state index in [1.165, 1.54) is 6.21 Å². The lowest BCUT2D eigenvalue weighted by Gasteiger charge is -2.37. The molecule has 4 aliphatic rings. The molecule has 1 aliphatic heterocycles. The van der Waals surface area contributed by atoms with Crippen molar-refractivity contribution in [1.29, 1.82) is 0 Å². The Morgan fingerprint density at radius 2 is 1.85 bits per heavy atom. The third-order valence-electron chi connectivity index (χ3n) is 5.38. The third kappa shape index (κ3) is 2.82. The van der Waals surface area contributed by atoms with Gasteiger partial charge in [0.2, 0.25) is 0 Å². The average molecular weight is 415 g/mol. The highest BCUT2D eigenvalue weighted by Crippen LogP contribution is 2.49. The van der Waals surface area contributed by atoms with Crippen LogP contribution in [0.1, 0.15) is 18.4 Å². The van der Waals surface area contributed by atoms with Crippen LogP contribution in [-0.4, -0.2) is 29.6 Å². The van der Waals surface area contributed by atoms with Gasteiger partial charge in [0.1, 0.15) is 12.4 Å². The van der Waals surface area contributed by atoms with E-state index in [9.17, 15) is 9.59 Å². The molecule has 1 saturated carbocycles. The molecule has 6 heteroatoms. The molecule has 0 spiro atoms. The fourth-order valence-corrected chi connectivity index (χ4v) is 4.57. The van der Waals surface area contributed by atoms with Crippen molar-refractivity contribution in [3.63, 3.8) is 0 Å². The minimum absolute atomic E-state index is 0.166. The minimum Gasteiger partial charge on any atom is -0.489 e.